The number of esters is 4. The normalized spacial score (nSPS) is 11.1. The molecule has 2 rings (SSSR count). The molecule has 0 amide bonds. The standard InChI is InChI=1S/C56H90O8/c1-5-9-13-17-21-25-29-33-41-61-53(57)49-39-37-47(45-51(49)55(59)63-43-35-31-27-23-19-15-11-7-3)48-38-40-50(54(58)62-42-34-30-26-22-18-14-10-6-2)52(46-48)56(60)64-44-36-32-28-24-20-16-12-8-4/h37-40,45-46H,5-36,41-44H2,1-4H3. The zero-order valence-electron chi connectivity index (χ0n) is 41.2. The summed E-state index contributed by atoms with van der Waals surface area (Å²) in [6.45, 7) is 9.94. The maximum atomic E-state index is 13.7. The second-order valence-electron chi connectivity index (χ2n) is 18.0. The number of hydrogen-bond acceptors (Lipinski definition) is 8. The van der Waals surface area contributed by atoms with E-state index in [-0.39, 0.29) is 48.7 Å². The van der Waals surface area contributed by atoms with Gasteiger partial charge >= 0.3 is 23.9 Å². The van der Waals surface area contributed by atoms with Crippen molar-refractivity contribution in [2.75, 3.05) is 26.4 Å². The van der Waals surface area contributed by atoms with Crippen LogP contribution in [0.1, 0.15) is 275 Å². The zero-order chi connectivity index (χ0) is 46.3. The minimum absolute atomic E-state index is 0.116. The topological polar surface area (TPSA) is 105 Å². The molecular formula is C56H90O8. The Morgan fingerprint density at radius 1 is 0.281 bits per heavy atom. The van der Waals surface area contributed by atoms with E-state index in [1.54, 1.807) is 36.4 Å². The smallest absolute Gasteiger partial charge is 0.339 e. The minimum Gasteiger partial charge on any atom is -0.462 e. The summed E-state index contributed by atoms with van der Waals surface area (Å²) in [6, 6.07) is 9.96. The summed E-state index contributed by atoms with van der Waals surface area (Å²) in [4.78, 5) is 54.4. The Hall–Kier alpha value is -3.68. The van der Waals surface area contributed by atoms with E-state index < -0.39 is 23.9 Å². The Kier molecular flexibility index (Phi) is 34.0. The van der Waals surface area contributed by atoms with Crippen LogP contribution in [0.5, 0.6) is 0 Å². The van der Waals surface area contributed by atoms with Gasteiger partial charge in [-0.05, 0) is 61.1 Å². The van der Waals surface area contributed by atoms with E-state index >= 15 is 0 Å². The lowest BCUT2D eigenvalue weighted by Gasteiger charge is -2.14. The third-order valence-corrected chi connectivity index (χ3v) is 12.2. The van der Waals surface area contributed by atoms with Crippen molar-refractivity contribution in [1.82, 2.24) is 0 Å². The number of unbranched alkanes of at least 4 members (excludes halogenated alkanes) is 28. The average Bonchev–Trinajstić information content (AvgIpc) is 3.31. The molecule has 8 heteroatoms. The first-order valence-electron chi connectivity index (χ1n) is 26.3. The highest BCUT2D eigenvalue weighted by atomic mass is 16.5. The number of carbonyl (C=O) groups excluding carboxylic acids is 4. The molecule has 0 atom stereocenters. The van der Waals surface area contributed by atoms with Crippen molar-refractivity contribution in [3.8, 4) is 11.1 Å². The van der Waals surface area contributed by atoms with Crippen LogP contribution in [-0.4, -0.2) is 50.3 Å². The average molecular weight is 891 g/mol. The first kappa shape index (κ1) is 56.4. The number of hydrogen-bond donors (Lipinski definition) is 0. The van der Waals surface area contributed by atoms with Crippen LogP contribution in [0.3, 0.4) is 0 Å². The number of rotatable bonds is 41. The number of carbonyl (C=O) groups is 4. The fraction of sp³-hybridized carbons (Fsp3) is 0.714. The quantitative estimate of drug-likeness (QED) is 0.0369. The molecule has 0 unspecified atom stereocenters. The van der Waals surface area contributed by atoms with Gasteiger partial charge < -0.3 is 18.9 Å². The van der Waals surface area contributed by atoms with E-state index in [1.807, 2.05) is 0 Å². The van der Waals surface area contributed by atoms with Gasteiger partial charge in [-0.1, -0.05) is 220 Å². The van der Waals surface area contributed by atoms with Crippen LogP contribution in [0.15, 0.2) is 36.4 Å². The Bertz CT molecular complexity index is 1420. The van der Waals surface area contributed by atoms with Gasteiger partial charge in [0.2, 0.25) is 0 Å². The molecule has 0 spiro atoms. The molecule has 0 N–H and O–H groups in total. The summed E-state index contributed by atoms with van der Waals surface area (Å²) < 4.78 is 22.9. The van der Waals surface area contributed by atoms with Crippen LogP contribution in [0.4, 0.5) is 0 Å². The summed E-state index contributed by atoms with van der Waals surface area (Å²) >= 11 is 0. The predicted octanol–water partition coefficient (Wildman–Crippen LogP) is 16.5. The summed E-state index contributed by atoms with van der Waals surface area (Å²) in [5.41, 5.74) is 1.71. The Morgan fingerprint density at radius 3 is 0.719 bits per heavy atom. The van der Waals surface area contributed by atoms with Crippen LogP contribution in [0.2, 0.25) is 0 Å². The fourth-order valence-electron chi connectivity index (χ4n) is 8.06. The van der Waals surface area contributed by atoms with Crippen LogP contribution < -0.4 is 0 Å². The molecule has 64 heavy (non-hydrogen) atoms. The first-order chi connectivity index (χ1) is 31.4. The van der Waals surface area contributed by atoms with Crippen molar-refractivity contribution in [2.24, 2.45) is 0 Å². The fourth-order valence-corrected chi connectivity index (χ4v) is 8.06. The van der Waals surface area contributed by atoms with Gasteiger partial charge in [-0.25, -0.2) is 19.2 Å². The van der Waals surface area contributed by atoms with Gasteiger partial charge in [0.15, 0.2) is 0 Å². The lowest BCUT2D eigenvalue weighted by Crippen LogP contribution is -2.16. The molecule has 0 fully saturated rings. The van der Waals surface area contributed by atoms with Crippen LogP contribution in [0, 0.1) is 0 Å². The molecule has 0 aromatic heterocycles. The van der Waals surface area contributed by atoms with Crippen LogP contribution >= 0.6 is 0 Å². The molecule has 2 aromatic rings. The molecule has 0 aliphatic carbocycles. The summed E-state index contributed by atoms with van der Waals surface area (Å²) in [5, 5.41) is 0. The molecule has 8 nitrogen and oxygen atoms in total. The molecule has 0 saturated carbocycles. The third kappa shape index (κ3) is 25.7. The molecule has 0 aliphatic heterocycles. The van der Waals surface area contributed by atoms with E-state index in [1.165, 1.54) is 128 Å². The Labute approximate surface area is 390 Å². The van der Waals surface area contributed by atoms with Gasteiger partial charge in [0.1, 0.15) is 0 Å². The van der Waals surface area contributed by atoms with Crippen LogP contribution in [0.25, 0.3) is 11.1 Å². The van der Waals surface area contributed by atoms with Crippen molar-refractivity contribution in [3.05, 3.63) is 58.7 Å². The second-order valence-corrected chi connectivity index (χ2v) is 18.0. The minimum atomic E-state index is -0.588. The second kappa shape index (κ2) is 38.6. The SMILES string of the molecule is CCCCCCCCCCOC(=O)c1ccc(-c2ccc(C(=O)OCCCCCCCCCC)c(C(=O)OCCCCCCCCCC)c2)cc1C(=O)OCCCCCCCCCC. The van der Waals surface area contributed by atoms with Gasteiger partial charge in [0.05, 0.1) is 48.7 Å². The van der Waals surface area contributed by atoms with Gasteiger partial charge in [0, 0.05) is 0 Å². The van der Waals surface area contributed by atoms with E-state index in [4.69, 9.17) is 18.9 Å². The highest BCUT2D eigenvalue weighted by molar-refractivity contribution is 6.06. The maximum absolute atomic E-state index is 13.7. The summed E-state index contributed by atoms with van der Waals surface area (Å²) in [6.07, 6.45) is 36.0. The third-order valence-electron chi connectivity index (χ3n) is 12.2. The van der Waals surface area contributed by atoms with Gasteiger partial charge in [0.25, 0.3) is 0 Å². The summed E-state index contributed by atoms with van der Waals surface area (Å²) in [7, 11) is 0. The number of ether oxygens (including phenoxy) is 4. The van der Waals surface area contributed by atoms with Gasteiger partial charge in [-0.3, -0.25) is 0 Å². The van der Waals surface area contributed by atoms with Crippen LogP contribution in [-0.2, 0) is 18.9 Å². The Morgan fingerprint density at radius 2 is 0.484 bits per heavy atom. The van der Waals surface area contributed by atoms with E-state index in [0.29, 0.717) is 11.1 Å². The highest BCUT2D eigenvalue weighted by Crippen LogP contribution is 2.28. The molecular weight excluding hydrogens is 801 g/mol. The van der Waals surface area contributed by atoms with E-state index in [2.05, 4.69) is 27.7 Å². The van der Waals surface area contributed by atoms with Gasteiger partial charge in [-0.2, -0.15) is 0 Å². The van der Waals surface area contributed by atoms with Crippen molar-refractivity contribution >= 4 is 23.9 Å². The molecule has 362 valence electrons. The monoisotopic (exact) mass is 891 g/mol. The van der Waals surface area contributed by atoms with Gasteiger partial charge in [-0.15, -0.1) is 0 Å². The molecule has 0 radical (unpaired) electrons. The van der Waals surface area contributed by atoms with E-state index in [0.717, 1.165) is 77.0 Å². The first-order valence-corrected chi connectivity index (χ1v) is 26.3. The van der Waals surface area contributed by atoms with Crippen molar-refractivity contribution < 1.29 is 38.1 Å². The molecule has 0 heterocycles. The lowest BCUT2D eigenvalue weighted by molar-refractivity contribution is 0.0450. The molecule has 0 aliphatic rings. The Balaban J connectivity index is 2.25. The summed E-state index contributed by atoms with van der Waals surface area (Å²) in [5.74, 6) is -2.30. The largest absolute Gasteiger partial charge is 0.462 e. The van der Waals surface area contributed by atoms with Crippen molar-refractivity contribution in [3.63, 3.8) is 0 Å². The molecule has 2 aromatic carbocycles. The molecule has 0 saturated heterocycles. The number of benzene rings is 2. The van der Waals surface area contributed by atoms with E-state index in [9.17, 15) is 19.2 Å². The van der Waals surface area contributed by atoms with Crippen molar-refractivity contribution in [2.45, 2.75) is 233 Å². The zero-order valence-corrected chi connectivity index (χ0v) is 41.2. The predicted molar refractivity (Wildman–Crippen MR) is 263 cm³/mol. The maximum Gasteiger partial charge on any atom is 0.339 e. The van der Waals surface area contributed by atoms with Crippen molar-refractivity contribution in [1.29, 1.82) is 0 Å². The lowest BCUT2D eigenvalue weighted by atomic mass is 9.95. The molecule has 0 bridgehead atoms. The highest BCUT2D eigenvalue weighted by Gasteiger charge is 2.24.